The van der Waals surface area contributed by atoms with Gasteiger partial charge in [-0.1, -0.05) is 26.7 Å². The predicted molar refractivity (Wildman–Crippen MR) is 90.2 cm³/mol. The minimum absolute atomic E-state index is 0.329. The number of nitrogens with zero attached hydrogens (tertiary/aromatic N) is 2. The molecule has 122 valence electrons. The van der Waals surface area contributed by atoms with Crippen LogP contribution in [-0.2, 0) is 0 Å². The van der Waals surface area contributed by atoms with Crippen LogP contribution in [0.1, 0.15) is 72.1 Å². The summed E-state index contributed by atoms with van der Waals surface area (Å²) >= 11 is 0. The molecule has 1 N–H and O–H groups in total. The van der Waals surface area contributed by atoms with Crippen LogP contribution in [0.3, 0.4) is 0 Å². The fourth-order valence-electron chi connectivity index (χ4n) is 3.31. The number of hydrogen-bond donors (Lipinski definition) is 1. The number of hydrogen-bond acceptors (Lipinski definition) is 3. The molecule has 0 spiro atoms. The SMILES string of the molecule is CCCNC(C)(C#N)CCCCN1CCC(CCC)CC1. The van der Waals surface area contributed by atoms with Crippen molar-refractivity contribution in [2.45, 2.75) is 77.7 Å². The Morgan fingerprint density at radius 3 is 2.48 bits per heavy atom. The van der Waals surface area contributed by atoms with Gasteiger partial charge < -0.3 is 4.90 Å². The molecule has 0 radical (unpaired) electrons. The molecule has 1 aliphatic heterocycles. The second-order valence-electron chi connectivity index (χ2n) is 6.90. The third-order valence-electron chi connectivity index (χ3n) is 4.82. The molecule has 1 rings (SSSR count). The maximum absolute atomic E-state index is 9.32. The van der Waals surface area contributed by atoms with Crippen molar-refractivity contribution >= 4 is 0 Å². The molecule has 0 saturated carbocycles. The van der Waals surface area contributed by atoms with Gasteiger partial charge in [0, 0.05) is 0 Å². The Morgan fingerprint density at radius 1 is 1.19 bits per heavy atom. The number of nitriles is 1. The van der Waals surface area contributed by atoms with E-state index < -0.39 is 0 Å². The van der Waals surface area contributed by atoms with E-state index in [0.717, 1.165) is 31.7 Å². The van der Waals surface area contributed by atoms with Crippen molar-refractivity contribution in [1.82, 2.24) is 10.2 Å². The van der Waals surface area contributed by atoms with Crippen LogP contribution < -0.4 is 5.32 Å². The van der Waals surface area contributed by atoms with E-state index in [2.05, 4.69) is 30.1 Å². The van der Waals surface area contributed by atoms with Crippen molar-refractivity contribution in [3.8, 4) is 6.07 Å². The van der Waals surface area contributed by atoms with E-state index in [-0.39, 0.29) is 5.54 Å². The van der Waals surface area contributed by atoms with Crippen molar-refractivity contribution in [3.63, 3.8) is 0 Å². The lowest BCUT2D eigenvalue weighted by atomic mass is 9.92. The van der Waals surface area contributed by atoms with E-state index in [1.54, 1.807) is 0 Å². The number of unbranched alkanes of at least 4 members (excludes halogenated alkanes) is 1. The molecule has 1 unspecified atom stereocenters. The highest BCUT2D eigenvalue weighted by Crippen LogP contribution is 2.22. The van der Waals surface area contributed by atoms with Crippen molar-refractivity contribution in [2.75, 3.05) is 26.2 Å². The van der Waals surface area contributed by atoms with Gasteiger partial charge in [0.15, 0.2) is 0 Å². The molecule has 3 heteroatoms. The maximum atomic E-state index is 9.32. The van der Waals surface area contributed by atoms with Crippen molar-refractivity contribution in [2.24, 2.45) is 5.92 Å². The van der Waals surface area contributed by atoms with Crippen molar-refractivity contribution in [1.29, 1.82) is 5.26 Å². The normalized spacial score (nSPS) is 20.1. The monoisotopic (exact) mass is 293 g/mol. The standard InChI is InChI=1S/C18H35N3/c1-4-8-17-9-14-21(15-10-17)13-7-6-11-18(3,16-19)20-12-5-2/h17,20H,4-15H2,1-3H3. The van der Waals surface area contributed by atoms with Gasteiger partial charge in [-0.25, -0.2) is 0 Å². The van der Waals surface area contributed by atoms with E-state index >= 15 is 0 Å². The topological polar surface area (TPSA) is 39.1 Å². The highest BCUT2D eigenvalue weighted by Gasteiger charge is 2.22. The van der Waals surface area contributed by atoms with Crippen LogP contribution in [0.25, 0.3) is 0 Å². The summed E-state index contributed by atoms with van der Waals surface area (Å²) in [5.74, 6) is 0.978. The first-order valence-corrected chi connectivity index (χ1v) is 9.02. The van der Waals surface area contributed by atoms with Crippen molar-refractivity contribution < 1.29 is 0 Å². The maximum Gasteiger partial charge on any atom is 0.103 e. The molecule has 0 aromatic rings. The zero-order valence-corrected chi connectivity index (χ0v) is 14.5. The molecule has 0 aromatic heterocycles. The Balaban J connectivity index is 2.13. The molecule has 1 aliphatic rings. The van der Waals surface area contributed by atoms with Gasteiger partial charge in [0.1, 0.15) is 5.54 Å². The molecule has 0 aliphatic carbocycles. The summed E-state index contributed by atoms with van der Waals surface area (Å²) in [6.07, 6.45) is 9.96. The summed E-state index contributed by atoms with van der Waals surface area (Å²) in [6.45, 7) is 11.2. The Kier molecular flexibility index (Phi) is 8.96. The van der Waals surface area contributed by atoms with Gasteiger partial charge in [-0.3, -0.25) is 5.32 Å². The zero-order chi connectivity index (χ0) is 15.6. The molecule has 21 heavy (non-hydrogen) atoms. The number of likely N-dealkylation sites (tertiary alicyclic amines) is 1. The van der Waals surface area contributed by atoms with Crippen LogP contribution in [0.2, 0.25) is 0 Å². The minimum Gasteiger partial charge on any atom is -0.303 e. The molecule has 0 amide bonds. The molecule has 1 fully saturated rings. The molecule has 1 saturated heterocycles. The third kappa shape index (κ3) is 7.29. The second-order valence-corrected chi connectivity index (χ2v) is 6.90. The van der Waals surface area contributed by atoms with Crippen LogP contribution in [0.5, 0.6) is 0 Å². The summed E-state index contributed by atoms with van der Waals surface area (Å²) < 4.78 is 0. The highest BCUT2D eigenvalue weighted by atomic mass is 15.1. The van der Waals surface area contributed by atoms with E-state index in [1.165, 1.54) is 51.7 Å². The summed E-state index contributed by atoms with van der Waals surface area (Å²) in [7, 11) is 0. The van der Waals surface area contributed by atoms with Crippen LogP contribution in [0, 0.1) is 17.2 Å². The van der Waals surface area contributed by atoms with Gasteiger partial charge in [0.25, 0.3) is 0 Å². The summed E-state index contributed by atoms with van der Waals surface area (Å²) in [6, 6.07) is 2.45. The average molecular weight is 293 g/mol. The van der Waals surface area contributed by atoms with E-state index in [1.807, 2.05) is 6.92 Å². The van der Waals surface area contributed by atoms with Crippen molar-refractivity contribution in [3.05, 3.63) is 0 Å². The number of nitrogens with one attached hydrogen (secondary N) is 1. The minimum atomic E-state index is -0.329. The molecule has 1 atom stereocenters. The highest BCUT2D eigenvalue weighted by molar-refractivity contribution is 5.03. The lowest BCUT2D eigenvalue weighted by Crippen LogP contribution is -2.41. The van der Waals surface area contributed by atoms with E-state index in [9.17, 15) is 5.26 Å². The summed E-state index contributed by atoms with van der Waals surface area (Å²) in [5, 5.41) is 12.7. The average Bonchev–Trinajstić information content (AvgIpc) is 2.51. The van der Waals surface area contributed by atoms with E-state index in [0.29, 0.717) is 0 Å². The van der Waals surface area contributed by atoms with Crippen LogP contribution >= 0.6 is 0 Å². The molecule has 0 bridgehead atoms. The van der Waals surface area contributed by atoms with Gasteiger partial charge in [0.2, 0.25) is 0 Å². The number of rotatable bonds is 10. The lowest BCUT2D eigenvalue weighted by Gasteiger charge is -2.32. The molecule has 3 nitrogen and oxygen atoms in total. The Labute approximate surface area is 132 Å². The zero-order valence-electron chi connectivity index (χ0n) is 14.5. The molecule has 0 aromatic carbocycles. The molecular weight excluding hydrogens is 258 g/mol. The summed E-state index contributed by atoms with van der Waals surface area (Å²) in [5.41, 5.74) is -0.329. The van der Waals surface area contributed by atoms with E-state index in [4.69, 9.17) is 0 Å². The van der Waals surface area contributed by atoms with Crippen LogP contribution in [0.4, 0.5) is 0 Å². The van der Waals surface area contributed by atoms with Gasteiger partial charge in [-0.05, 0) is 77.5 Å². The number of piperidine rings is 1. The quantitative estimate of drug-likeness (QED) is 0.620. The van der Waals surface area contributed by atoms with Gasteiger partial charge >= 0.3 is 0 Å². The van der Waals surface area contributed by atoms with Gasteiger partial charge in [0.05, 0.1) is 6.07 Å². The fourth-order valence-corrected chi connectivity index (χ4v) is 3.31. The second kappa shape index (κ2) is 10.2. The first-order valence-electron chi connectivity index (χ1n) is 9.02. The summed E-state index contributed by atoms with van der Waals surface area (Å²) in [4.78, 5) is 2.62. The van der Waals surface area contributed by atoms with Gasteiger partial charge in [-0.2, -0.15) is 5.26 Å². The first kappa shape index (κ1) is 18.5. The van der Waals surface area contributed by atoms with Gasteiger partial charge in [-0.15, -0.1) is 0 Å². The molecular formula is C18H35N3. The van der Waals surface area contributed by atoms with Crippen LogP contribution in [-0.4, -0.2) is 36.6 Å². The largest absolute Gasteiger partial charge is 0.303 e. The third-order valence-corrected chi connectivity index (χ3v) is 4.82. The predicted octanol–water partition coefficient (Wildman–Crippen LogP) is 3.95. The smallest absolute Gasteiger partial charge is 0.103 e. The molecule has 1 heterocycles. The Hall–Kier alpha value is -0.590. The lowest BCUT2D eigenvalue weighted by molar-refractivity contribution is 0.174. The Morgan fingerprint density at radius 2 is 1.90 bits per heavy atom. The van der Waals surface area contributed by atoms with Crippen LogP contribution in [0.15, 0.2) is 0 Å². The fraction of sp³-hybridized carbons (Fsp3) is 0.944. The first-order chi connectivity index (χ1) is 10.1. The Bertz CT molecular complexity index is 302.